The van der Waals surface area contributed by atoms with Gasteiger partial charge < -0.3 is 4.89 Å². The summed E-state index contributed by atoms with van der Waals surface area (Å²) < 4.78 is 0. The summed E-state index contributed by atoms with van der Waals surface area (Å²) in [6, 6.07) is 9.79. The van der Waals surface area contributed by atoms with E-state index in [0.717, 1.165) is 5.30 Å². The second kappa shape index (κ2) is 3.37. The van der Waals surface area contributed by atoms with Gasteiger partial charge in [0, 0.05) is 5.30 Å². The van der Waals surface area contributed by atoms with E-state index >= 15 is 0 Å². The van der Waals surface area contributed by atoms with Gasteiger partial charge in [-0.15, -0.1) is 0 Å². The monoisotopic (exact) mass is 190 g/mol. The number of rotatable bonds is 1. The maximum Gasteiger partial charge on any atom is 0.0528 e. The summed E-state index contributed by atoms with van der Waals surface area (Å²) in [6.45, 7) is 0. The predicted molar refractivity (Wildman–Crippen MR) is 59.6 cm³/mol. The van der Waals surface area contributed by atoms with Gasteiger partial charge in [0.15, 0.2) is 0 Å². The Bertz CT molecular complexity index is 401. The lowest BCUT2D eigenvalue weighted by molar-refractivity contribution is 0.640. The largest absolute Gasteiger partial charge is 0.368 e. The van der Waals surface area contributed by atoms with Crippen LogP contribution in [0.25, 0.3) is 0 Å². The van der Waals surface area contributed by atoms with Crippen molar-refractivity contribution in [1.82, 2.24) is 0 Å². The highest BCUT2D eigenvalue weighted by Crippen LogP contribution is 2.43. The molecule has 0 radical (unpaired) electrons. The Morgan fingerprint density at radius 1 is 0.923 bits per heavy atom. The molecule has 1 aliphatic rings. The molecule has 66 valence electrons. The van der Waals surface area contributed by atoms with Crippen molar-refractivity contribution < 1.29 is 4.89 Å². The number of hydrogen-bond donors (Lipinski definition) is 1. The second-order valence-electron chi connectivity index (χ2n) is 2.95. The van der Waals surface area contributed by atoms with E-state index in [1.807, 2.05) is 60.2 Å². The van der Waals surface area contributed by atoms with E-state index in [0.29, 0.717) is 0 Å². The first kappa shape index (κ1) is 8.55. The van der Waals surface area contributed by atoms with Gasteiger partial charge in [-0.25, -0.2) is 0 Å². The van der Waals surface area contributed by atoms with Crippen LogP contribution in [-0.2, 0) is 0 Å². The van der Waals surface area contributed by atoms with Crippen LogP contribution in [0.4, 0.5) is 0 Å². The lowest BCUT2D eigenvalue weighted by Crippen LogP contribution is -2.04. The van der Waals surface area contributed by atoms with Gasteiger partial charge in [-0.3, -0.25) is 0 Å². The first-order valence-electron chi connectivity index (χ1n) is 4.18. The summed E-state index contributed by atoms with van der Waals surface area (Å²) in [5.41, 5.74) is 0. The number of allylic oxidation sites excluding steroid dienone is 3. The first-order valence-corrected chi connectivity index (χ1v) is 6.06. The van der Waals surface area contributed by atoms with E-state index in [1.165, 1.54) is 0 Å². The van der Waals surface area contributed by atoms with Crippen LogP contribution in [0.2, 0.25) is 0 Å². The molecule has 1 heterocycles. The Morgan fingerprint density at radius 3 is 2.31 bits per heavy atom. The molecule has 1 atom stereocenters. The SMILES string of the molecule is OP1(c2ccccc2)=CC=CC=C1. The molecular weight excluding hydrogens is 179 g/mol. The van der Waals surface area contributed by atoms with E-state index in [1.54, 1.807) is 0 Å². The van der Waals surface area contributed by atoms with E-state index in [-0.39, 0.29) is 0 Å². The normalized spacial score (nSPS) is 25.6. The minimum absolute atomic E-state index is 1.01. The Morgan fingerprint density at radius 2 is 1.69 bits per heavy atom. The molecule has 0 aromatic heterocycles. The van der Waals surface area contributed by atoms with Crippen molar-refractivity contribution in [3.05, 3.63) is 54.4 Å². The molecule has 0 aliphatic carbocycles. The fourth-order valence-corrected chi connectivity index (χ4v) is 3.13. The molecule has 1 nitrogen and oxygen atoms in total. The average molecular weight is 190 g/mol. The minimum atomic E-state index is -2.11. The van der Waals surface area contributed by atoms with Crippen molar-refractivity contribution in [3.63, 3.8) is 0 Å². The zero-order chi connectivity index (χ0) is 9.15. The molecule has 1 N–H and O–H groups in total. The van der Waals surface area contributed by atoms with Gasteiger partial charge in [-0.1, -0.05) is 48.6 Å². The topological polar surface area (TPSA) is 20.2 Å². The molecule has 1 aliphatic heterocycles. The Hall–Kier alpha value is -1.04. The Kier molecular flexibility index (Phi) is 2.22. The minimum Gasteiger partial charge on any atom is -0.368 e. The standard InChI is InChI=1S/C11H11OP/c12-13(9-5-2-6-10-13)11-7-3-1-4-8-11/h1-10,12H. The molecule has 2 heteroatoms. The third kappa shape index (κ3) is 1.67. The number of benzene rings is 1. The zero-order valence-electron chi connectivity index (χ0n) is 7.17. The fourth-order valence-electron chi connectivity index (χ4n) is 1.31. The summed E-state index contributed by atoms with van der Waals surface area (Å²) >= 11 is 0. The van der Waals surface area contributed by atoms with Crippen LogP contribution in [0.1, 0.15) is 0 Å². The van der Waals surface area contributed by atoms with Gasteiger partial charge in [-0.2, -0.15) is 0 Å². The smallest absolute Gasteiger partial charge is 0.0528 e. The van der Waals surface area contributed by atoms with Gasteiger partial charge in [0.2, 0.25) is 0 Å². The van der Waals surface area contributed by atoms with E-state index in [4.69, 9.17) is 0 Å². The maximum absolute atomic E-state index is 10.3. The molecule has 0 amide bonds. The van der Waals surface area contributed by atoms with Crippen molar-refractivity contribution in [2.75, 3.05) is 0 Å². The fraction of sp³-hybridized carbons (Fsp3) is 0. The van der Waals surface area contributed by atoms with E-state index in [9.17, 15) is 4.89 Å². The third-order valence-electron chi connectivity index (χ3n) is 2.02. The quantitative estimate of drug-likeness (QED) is 0.672. The predicted octanol–water partition coefficient (Wildman–Crippen LogP) is 2.12. The lowest BCUT2D eigenvalue weighted by Gasteiger charge is -2.16. The van der Waals surface area contributed by atoms with Gasteiger partial charge in [0.1, 0.15) is 0 Å². The van der Waals surface area contributed by atoms with Gasteiger partial charge in [-0.05, 0) is 11.6 Å². The van der Waals surface area contributed by atoms with Crippen molar-refractivity contribution in [3.8, 4) is 0 Å². The van der Waals surface area contributed by atoms with Crippen LogP contribution in [-0.4, -0.2) is 10.7 Å². The van der Waals surface area contributed by atoms with Crippen LogP contribution in [0.3, 0.4) is 0 Å². The van der Waals surface area contributed by atoms with Gasteiger partial charge in [0.25, 0.3) is 0 Å². The van der Waals surface area contributed by atoms with E-state index < -0.39 is 7.11 Å². The summed E-state index contributed by atoms with van der Waals surface area (Å²) in [4.78, 5) is 10.3. The Labute approximate surface area is 78.1 Å². The first-order chi connectivity index (χ1) is 6.31. The molecule has 2 rings (SSSR count). The molecule has 0 spiro atoms. The summed E-state index contributed by atoms with van der Waals surface area (Å²) in [7, 11) is -2.11. The average Bonchev–Trinajstić information content (AvgIpc) is 2.20. The van der Waals surface area contributed by atoms with E-state index in [2.05, 4.69) is 0 Å². The summed E-state index contributed by atoms with van der Waals surface area (Å²) in [5, 5.41) is 1.01. The lowest BCUT2D eigenvalue weighted by atomic mass is 10.4. The van der Waals surface area contributed by atoms with Crippen LogP contribution in [0, 0.1) is 0 Å². The zero-order valence-corrected chi connectivity index (χ0v) is 8.06. The van der Waals surface area contributed by atoms with Gasteiger partial charge in [0.05, 0.1) is 7.11 Å². The Balaban J connectivity index is 2.53. The van der Waals surface area contributed by atoms with Crippen molar-refractivity contribution >= 4 is 18.2 Å². The molecular formula is C11H11OP. The summed E-state index contributed by atoms with van der Waals surface area (Å²) in [6.07, 6.45) is 5.74. The molecule has 0 saturated carbocycles. The highest BCUT2D eigenvalue weighted by Gasteiger charge is 2.11. The molecule has 1 aromatic rings. The third-order valence-corrected chi connectivity index (χ3v) is 4.40. The van der Waals surface area contributed by atoms with Crippen molar-refractivity contribution in [1.29, 1.82) is 0 Å². The molecule has 0 bridgehead atoms. The van der Waals surface area contributed by atoms with Crippen LogP contribution in [0.15, 0.2) is 54.4 Å². The van der Waals surface area contributed by atoms with Gasteiger partial charge >= 0.3 is 0 Å². The molecule has 1 unspecified atom stereocenters. The van der Waals surface area contributed by atoms with Crippen molar-refractivity contribution in [2.24, 2.45) is 0 Å². The highest BCUT2D eigenvalue weighted by atomic mass is 31.2. The molecule has 13 heavy (non-hydrogen) atoms. The maximum atomic E-state index is 10.3. The number of hydrogen-bond acceptors (Lipinski definition) is 1. The van der Waals surface area contributed by atoms with Crippen molar-refractivity contribution in [2.45, 2.75) is 0 Å². The van der Waals surface area contributed by atoms with Crippen LogP contribution >= 0.6 is 7.11 Å². The molecule has 0 saturated heterocycles. The highest BCUT2D eigenvalue weighted by molar-refractivity contribution is 7.79. The summed E-state index contributed by atoms with van der Waals surface area (Å²) in [5.74, 6) is 3.78. The van der Waals surface area contributed by atoms with Crippen LogP contribution in [0.5, 0.6) is 0 Å². The molecule has 1 aromatic carbocycles. The second-order valence-corrected chi connectivity index (χ2v) is 5.54. The van der Waals surface area contributed by atoms with Crippen LogP contribution < -0.4 is 5.30 Å². The molecule has 0 fully saturated rings.